The summed E-state index contributed by atoms with van der Waals surface area (Å²) in [5, 5.41) is 0. The van der Waals surface area contributed by atoms with Gasteiger partial charge in [-0.3, -0.25) is 9.69 Å². The van der Waals surface area contributed by atoms with E-state index in [1.54, 1.807) is 0 Å². The maximum atomic E-state index is 13.2. The number of likely N-dealkylation sites (N-methyl/N-ethyl adjacent to an activating group) is 1. The summed E-state index contributed by atoms with van der Waals surface area (Å²) >= 11 is 0. The summed E-state index contributed by atoms with van der Waals surface area (Å²) in [7, 11) is 0. The maximum Gasteiger partial charge on any atom is 0.157 e. The van der Waals surface area contributed by atoms with Crippen molar-refractivity contribution in [2.45, 2.75) is 46.1 Å². The van der Waals surface area contributed by atoms with Gasteiger partial charge in [0.25, 0.3) is 0 Å². The van der Waals surface area contributed by atoms with Crippen LogP contribution in [0.3, 0.4) is 0 Å². The first-order valence-corrected chi connectivity index (χ1v) is 7.10. The van der Waals surface area contributed by atoms with Crippen LogP contribution in [-0.2, 0) is 11.2 Å². The van der Waals surface area contributed by atoms with Crippen molar-refractivity contribution < 1.29 is 13.6 Å². The Morgan fingerprint density at radius 3 is 2.00 bits per heavy atom. The van der Waals surface area contributed by atoms with Crippen molar-refractivity contribution >= 4 is 5.78 Å². The summed E-state index contributed by atoms with van der Waals surface area (Å²) in [4.78, 5) is 14.6. The Kier molecular flexibility index (Phi) is 5.81. The Morgan fingerprint density at radius 2 is 1.60 bits per heavy atom. The molecule has 1 atom stereocenters. The third kappa shape index (κ3) is 3.63. The molecule has 0 aromatic heterocycles. The third-order valence-corrected chi connectivity index (χ3v) is 4.04. The van der Waals surface area contributed by atoms with Gasteiger partial charge in [0, 0.05) is 12.5 Å². The number of benzene rings is 1. The highest BCUT2D eigenvalue weighted by molar-refractivity contribution is 5.89. The molecule has 1 aromatic carbocycles. The normalized spacial score (nSPS) is 14.3. The number of hydrogen-bond acceptors (Lipinski definition) is 2. The van der Waals surface area contributed by atoms with Crippen LogP contribution in [0.1, 0.15) is 39.7 Å². The van der Waals surface area contributed by atoms with Gasteiger partial charge in [0.1, 0.15) is 11.6 Å². The van der Waals surface area contributed by atoms with Crippen molar-refractivity contribution in [3.05, 3.63) is 35.4 Å². The molecule has 0 fully saturated rings. The van der Waals surface area contributed by atoms with Gasteiger partial charge in [-0.15, -0.1) is 0 Å². The van der Waals surface area contributed by atoms with Crippen LogP contribution in [0, 0.1) is 11.6 Å². The average Bonchev–Trinajstić information content (AvgIpc) is 2.38. The molecular formula is C16H23F2NO. The second kappa shape index (κ2) is 6.93. The van der Waals surface area contributed by atoms with Crippen molar-refractivity contribution in [2.75, 3.05) is 13.1 Å². The van der Waals surface area contributed by atoms with Crippen molar-refractivity contribution in [2.24, 2.45) is 0 Å². The Hall–Kier alpha value is -1.29. The molecule has 112 valence electrons. The topological polar surface area (TPSA) is 20.3 Å². The van der Waals surface area contributed by atoms with Gasteiger partial charge in [-0.1, -0.05) is 20.8 Å². The van der Waals surface area contributed by atoms with Crippen LogP contribution >= 0.6 is 0 Å². The highest BCUT2D eigenvalue weighted by Crippen LogP contribution is 2.23. The Bertz CT molecular complexity index is 451. The smallest absolute Gasteiger partial charge is 0.157 e. The number of ketones is 1. The minimum absolute atomic E-state index is 0.00583. The lowest BCUT2D eigenvalue weighted by atomic mass is 9.87. The van der Waals surface area contributed by atoms with E-state index in [1.807, 2.05) is 27.7 Å². The zero-order valence-corrected chi connectivity index (χ0v) is 12.7. The number of hydrogen-bond donors (Lipinski definition) is 0. The van der Waals surface area contributed by atoms with Gasteiger partial charge in [-0.25, -0.2) is 8.78 Å². The van der Waals surface area contributed by atoms with E-state index in [0.29, 0.717) is 12.0 Å². The molecule has 0 saturated carbocycles. The summed E-state index contributed by atoms with van der Waals surface area (Å²) in [6.07, 6.45) is 0.723. The van der Waals surface area contributed by atoms with Gasteiger partial charge in [-0.2, -0.15) is 0 Å². The number of nitrogens with zero attached hydrogens (tertiary/aromatic N) is 1. The molecule has 0 spiro atoms. The number of carbonyl (C=O) groups is 1. The van der Waals surface area contributed by atoms with Gasteiger partial charge in [-0.05, 0) is 44.1 Å². The predicted octanol–water partition coefficient (Wildman–Crippen LogP) is 3.59. The Morgan fingerprint density at radius 1 is 1.10 bits per heavy atom. The lowest BCUT2D eigenvalue weighted by Crippen LogP contribution is -2.52. The molecule has 4 heteroatoms. The molecule has 1 aromatic rings. The average molecular weight is 283 g/mol. The van der Waals surface area contributed by atoms with Crippen LogP contribution in [0.5, 0.6) is 0 Å². The van der Waals surface area contributed by atoms with E-state index in [0.717, 1.165) is 19.2 Å². The van der Waals surface area contributed by atoms with E-state index < -0.39 is 17.2 Å². The zero-order chi connectivity index (χ0) is 15.3. The van der Waals surface area contributed by atoms with Gasteiger partial charge < -0.3 is 0 Å². The molecule has 1 unspecified atom stereocenters. The van der Waals surface area contributed by atoms with Crippen LogP contribution in [-0.4, -0.2) is 29.3 Å². The second-order valence-corrected chi connectivity index (χ2v) is 5.18. The quantitative estimate of drug-likeness (QED) is 0.762. The molecule has 0 aliphatic heterocycles. The van der Waals surface area contributed by atoms with Gasteiger partial charge in [0.15, 0.2) is 5.78 Å². The van der Waals surface area contributed by atoms with Crippen LogP contribution < -0.4 is 0 Å². The molecule has 0 saturated heterocycles. The highest BCUT2D eigenvalue weighted by atomic mass is 19.1. The summed E-state index contributed by atoms with van der Waals surface area (Å²) in [5.74, 6) is -1.30. The summed E-state index contributed by atoms with van der Waals surface area (Å²) < 4.78 is 26.4. The Balaban J connectivity index is 2.97. The van der Waals surface area contributed by atoms with Crippen LogP contribution in [0.4, 0.5) is 8.78 Å². The zero-order valence-electron chi connectivity index (χ0n) is 12.7. The minimum atomic E-state index is -0.645. The summed E-state index contributed by atoms with van der Waals surface area (Å²) in [5.41, 5.74) is -0.203. The van der Waals surface area contributed by atoms with Crippen LogP contribution in [0.2, 0.25) is 0 Å². The first-order valence-electron chi connectivity index (χ1n) is 7.10. The van der Waals surface area contributed by atoms with Crippen molar-refractivity contribution in [1.82, 2.24) is 4.90 Å². The SMILES string of the molecule is CCN(CC)C(C)(CC)C(=O)Cc1cc(F)cc(F)c1. The van der Waals surface area contributed by atoms with Crippen molar-refractivity contribution in [1.29, 1.82) is 0 Å². The molecule has 0 radical (unpaired) electrons. The van der Waals surface area contributed by atoms with Crippen molar-refractivity contribution in [3.63, 3.8) is 0 Å². The lowest BCUT2D eigenvalue weighted by Gasteiger charge is -2.38. The predicted molar refractivity (Wildman–Crippen MR) is 76.7 cm³/mol. The number of Topliss-reactive ketones (excluding diaryl/α,β-unsaturated/α-hetero) is 1. The van der Waals surface area contributed by atoms with Crippen LogP contribution in [0.15, 0.2) is 18.2 Å². The molecular weight excluding hydrogens is 260 g/mol. The molecule has 1 rings (SSSR count). The highest BCUT2D eigenvalue weighted by Gasteiger charge is 2.35. The largest absolute Gasteiger partial charge is 0.297 e. The molecule has 0 bridgehead atoms. The monoisotopic (exact) mass is 283 g/mol. The number of carbonyl (C=O) groups excluding carboxylic acids is 1. The fraction of sp³-hybridized carbons (Fsp3) is 0.562. The molecule has 0 amide bonds. The molecule has 0 aliphatic carbocycles. The summed E-state index contributed by atoms with van der Waals surface area (Å²) in [6.45, 7) is 9.41. The third-order valence-electron chi connectivity index (χ3n) is 4.04. The molecule has 20 heavy (non-hydrogen) atoms. The van der Waals surface area contributed by atoms with E-state index in [4.69, 9.17) is 0 Å². The van der Waals surface area contributed by atoms with E-state index >= 15 is 0 Å². The van der Waals surface area contributed by atoms with Gasteiger partial charge >= 0.3 is 0 Å². The molecule has 0 heterocycles. The van der Waals surface area contributed by atoms with Crippen LogP contribution in [0.25, 0.3) is 0 Å². The standard InChI is InChI=1S/C16H23F2NO/c1-5-16(4,19(6-2)7-3)15(20)10-12-8-13(17)11-14(18)9-12/h8-9,11H,5-7,10H2,1-4H3. The summed E-state index contributed by atoms with van der Waals surface area (Å²) in [6, 6.07) is 3.26. The Labute approximate surface area is 119 Å². The fourth-order valence-corrected chi connectivity index (χ4v) is 2.61. The van der Waals surface area contributed by atoms with E-state index in [2.05, 4.69) is 4.90 Å². The lowest BCUT2D eigenvalue weighted by molar-refractivity contribution is -0.129. The van der Waals surface area contributed by atoms with Gasteiger partial charge in [0.2, 0.25) is 0 Å². The van der Waals surface area contributed by atoms with E-state index in [-0.39, 0.29) is 12.2 Å². The van der Waals surface area contributed by atoms with Crippen molar-refractivity contribution in [3.8, 4) is 0 Å². The van der Waals surface area contributed by atoms with Gasteiger partial charge in [0.05, 0.1) is 5.54 Å². The van der Waals surface area contributed by atoms with E-state index in [1.165, 1.54) is 12.1 Å². The number of halogens is 2. The fourth-order valence-electron chi connectivity index (χ4n) is 2.61. The first kappa shape index (κ1) is 16.8. The minimum Gasteiger partial charge on any atom is -0.297 e. The van der Waals surface area contributed by atoms with E-state index in [9.17, 15) is 13.6 Å². The second-order valence-electron chi connectivity index (χ2n) is 5.18. The first-order chi connectivity index (χ1) is 9.37. The maximum absolute atomic E-state index is 13.2. The molecule has 0 aliphatic rings. The number of rotatable bonds is 7. The molecule has 2 nitrogen and oxygen atoms in total. The molecule has 0 N–H and O–H groups in total.